The minimum Gasteiger partial charge on any atom is -0.439 e. The van der Waals surface area contributed by atoms with Gasteiger partial charge < -0.3 is 10.5 Å². The Bertz CT molecular complexity index is 526. The number of benzene rings is 1. The first-order chi connectivity index (χ1) is 8.65. The largest absolute Gasteiger partial charge is 0.439 e. The summed E-state index contributed by atoms with van der Waals surface area (Å²) < 4.78 is 5.78. The molecule has 2 aromatic rings. The average Bonchev–Trinajstić information content (AvgIpc) is 2.31. The maximum Gasteiger partial charge on any atom is 0.222 e. The lowest BCUT2D eigenvalue weighted by Crippen LogP contribution is -2.18. The van der Waals surface area contributed by atoms with E-state index >= 15 is 0 Å². The van der Waals surface area contributed by atoms with Crippen LogP contribution in [0.3, 0.4) is 0 Å². The molecule has 0 aliphatic carbocycles. The topological polar surface area (TPSA) is 61.0 Å². The van der Waals surface area contributed by atoms with Crippen molar-refractivity contribution >= 4 is 0 Å². The van der Waals surface area contributed by atoms with E-state index < -0.39 is 0 Å². The molecule has 1 heterocycles. The Hall–Kier alpha value is -1.94. The van der Waals surface area contributed by atoms with E-state index in [2.05, 4.69) is 9.97 Å². The molecule has 0 saturated carbocycles. The predicted molar refractivity (Wildman–Crippen MR) is 70.6 cm³/mol. The fourth-order valence-corrected chi connectivity index (χ4v) is 1.72. The molecule has 18 heavy (non-hydrogen) atoms. The molecular weight excluding hydrogens is 226 g/mol. The average molecular weight is 243 g/mol. The first-order valence-electron chi connectivity index (χ1n) is 5.95. The Labute approximate surface area is 107 Å². The molecule has 0 spiro atoms. The Balaban J connectivity index is 2.23. The number of para-hydroxylation sites is 1. The van der Waals surface area contributed by atoms with Crippen LogP contribution in [-0.4, -0.2) is 16.0 Å². The third kappa shape index (κ3) is 3.28. The van der Waals surface area contributed by atoms with E-state index in [1.54, 1.807) is 0 Å². The zero-order chi connectivity index (χ0) is 13.0. The normalized spacial score (nSPS) is 12.2. The molecule has 1 atom stereocenters. The van der Waals surface area contributed by atoms with Gasteiger partial charge in [-0.2, -0.15) is 0 Å². The second-order valence-electron chi connectivity index (χ2n) is 4.39. The lowest BCUT2D eigenvalue weighted by Gasteiger charge is -2.12. The molecule has 0 saturated heterocycles. The zero-order valence-corrected chi connectivity index (χ0v) is 10.6. The molecular formula is C14H17N3O. The van der Waals surface area contributed by atoms with E-state index in [-0.39, 0.29) is 6.04 Å². The second kappa shape index (κ2) is 5.60. The molecule has 1 aromatic heterocycles. The lowest BCUT2D eigenvalue weighted by atomic mass is 10.1. The van der Waals surface area contributed by atoms with Gasteiger partial charge in [0, 0.05) is 17.8 Å². The van der Waals surface area contributed by atoms with Gasteiger partial charge in [-0.25, -0.2) is 9.97 Å². The molecule has 94 valence electrons. The van der Waals surface area contributed by atoms with Crippen LogP contribution in [0.1, 0.15) is 18.2 Å². The summed E-state index contributed by atoms with van der Waals surface area (Å²) in [6, 6.07) is 9.77. The molecule has 0 bridgehead atoms. The summed E-state index contributed by atoms with van der Waals surface area (Å²) in [7, 11) is 0. The quantitative estimate of drug-likeness (QED) is 0.896. The molecule has 0 aliphatic heterocycles. The third-order valence-corrected chi connectivity index (χ3v) is 2.51. The number of aryl methyl sites for hydroxylation is 1. The smallest absolute Gasteiger partial charge is 0.222 e. The summed E-state index contributed by atoms with van der Waals surface area (Å²) in [5, 5.41) is 0. The molecule has 0 fully saturated rings. The van der Waals surface area contributed by atoms with Gasteiger partial charge >= 0.3 is 0 Å². The number of ether oxygens (including phenoxy) is 1. The van der Waals surface area contributed by atoms with Gasteiger partial charge in [0.2, 0.25) is 5.88 Å². The molecule has 1 aromatic carbocycles. The van der Waals surface area contributed by atoms with Crippen LogP contribution >= 0.6 is 0 Å². The highest BCUT2D eigenvalue weighted by molar-refractivity contribution is 5.36. The number of rotatable bonds is 4. The van der Waals surface area contributed by atoms with Gasteiger partial charge in [-0.15, -0.1) is 0 Å². The number of hydrogen-bond donors (Lipinski definition) is 1. The fourth-order valence-electron chi connectivity index (χ4n) is 1.72. The van der Waals surface area contributed by atoms with Crippen LogP contribution in [0.4, 0.5) is 0 Å². The monoisotopic (exact) mass is 243 g/mol. The third-order valence-electron chi connectivity index (χ3n) is 2.51. The number of nitrogens with two attached hydrogens (primary N) is 1. The maximum absolute atomic E-state index is 5.83. The van der Waals surface area contributed by atoms with Gasteiger partial charge in [0.1, 0.15) is 12.1 Å². The minimum atomic E-state index is 0.0990. The lowest BCUT2D eigenvalue weighted by molar-refractivity contribution is 0.453. The van der Waals surface area contributed by atoms with Gasteiger partial charge in [0.05, 0.1) is 0 Å². The Kier molecular flexibility index (Phi) is 3.89. The predicted octanol–water partition coefficient (Wildman–Crippen LogP) is 2.47. The molecule has 0 radical (unpaired) electrons. The second-order valence-corrected chi connectivity index (χ2v) is 4.39. The van der Waals surface area contributed by atoms with Crippen LogP contribution in [0, 0.1) is 6.92 Å². The van der Waals surface area contributed by atoms with E-state index in [4.69, 9.17) is 10.5 Å². The molecule has 4 heteroatoms. The van der Waals surface area contributed by atoms with Gasteiger partial charge in [-0.1, -0.05) is 18.2 Å². The Morgan fingerprint density at radius 1 is 1.28 bits per heavy atom. The molecule has 0 amide bonds. The molecule has 2 rings (SSSR count). The summed E-state index contributed by atoms with van der Waals surface area (Å²) >= 11 is 0. The first-order valence-corrected chi connectivity index (χ1v) is 5.95. The number of nitrogens with zero attached hydrogens (tertiary/aromatic N) is 2. The van der Waals surface area contributed by atoms with Crippen LogP contribution in [0.2, 0.25) is 0 Å². The highest BCUT2D eigenvalue weighted by Crippen LogP contribution is 2.24. The highest BCUT2D eigenvalue weighted by atomic mass is 16.5. The molecule has 2 N–H and O–H groups in total. The van der Waals surface area contributed by atoms with Crippen LogP contribution in [0.5, 0.6) is 11.6 Å². The SMILES string of the molecule is Cc1cc(Oc2ccccc2CC(C)N)ncn1. The van der Waals surface area contributed by atoms with Crippen LogP contribution < -0.4 is 10.5 Å². The van der Waals surface area contributed by atoms with Crippen LogP contribution in [-0.2, 0) is 6.42 Å². The van der Waals surface area contributed by atoms with Crippen molar-refractivity contribution < 1.29 is 4.74 Å². The van der Waals surface area contributed by atoms with Crippen molar-refractivity contribution in [1.82, 2.24) is 9.97 Å². The molecule has 4 nitrogen and oxygen atoms in total. The van der Waals surface area contributed by atoms with Crippen LogP contribution in [0.25, 0.3) is 0 Å². The molecule has 0 aliphatic rings. The van der Waals surface area contributed by atoms with E-state index in [1.807, 2.05) is 44.2 Å². The Morgan fingerprint density at radius 3 is 2.78 bits per heavy atom. The number of hydrogen-bond acceptors (Lipinski definition) is 4. The summed E-state index contributed by atoms with van der Waals surface area (Å²) in [5.74, 6) is 1.35. The van der Waals surface area contributed by atoms with Crippen molar-refractivity contribution in [2.75, 3.05) is 0 Å². The van der Waals surface area contributed by atoms with Crippen molar-refractivity contribution in [2.45, 2.75) is 26.3 Å². The van der Waals surface area contributed by atoms with Crippen molar-refractivity contribution in [1.29, 1.82) is 0 Å². The van der Waals surface area contributed by atoms with Crippen LogP contribution in [0.15, 0.2) is 36.7 Å². The van der Waals surface area contributed by atoms with Crippen molar-refractivity contribution in [3.63, 3.8) is 0 Å². The summed E-state index contributed by atoms with van der Waals surface area (Å²) in [6.07, 6.45) is 2.28. The van der Waals surface area contributed by atoms with E-state index in [0.29, 0.717) is 5.88 Å². The zero-order valence-electron chi connectivity index (χ0n) is 10.6. The molecule has 1 unspecified atom stereocenters. The van der Waals surface area contributed by atoms with Crippen molar-refractivity contribution in [2.24, 2.45) is 5.73 Å². The summed E-state index contributed by atoms with van der Waals surface area (Å²) in [5.41, 5.74) is 7.80. The highest BCUT2D eigenvalue weighted by Gasteiger charge is 2.07. The van der Waals surface area contributed by atoms with E-state index in [0.717, 1.165) is 23.4 Å². The van der Waals surface area contributed by atoms with E-state index in [9.17, 15) is 0 Å². The van der Waals surface area contributed by atoms with E-state index in [1.165, 1.54) is 6.33 Å². The van der Waals surface area contributed by atoms with Gasteiger partial charge in [0.15, 0.2) is 0 Å². The fraction of sp³-hybridized carbons (Fsp3) is 0.286. The first kappa shape index (κ1) is 12.5. The summed E-state index contributed by atoms with van der Waals surface area (Å²) in [4.78, 5) is 8.13. The summed E-state index contributed by atoms with van der Waals surface area (Å²) in [6.45, 7) is 3.88. The van der Waals surface area contributed by atoms with Gasteiger partial charge in [-0.05, 0) is 31.9 Å². The maximum atomic E-state index is 5.83. The Morgan fingerprint density at radius 2 is 2.06 bits per heavy atom. The minimum absolute atomic E-state index is 0.0990. The van der Waals surface area contributed by atoms with Gasteiger partial charge in [0.25, 0.3) is 0 Å². The van der Waals surface area contributed by atoms with Crippen molar-refractivity contribution in [3.8, 4) is 11.6 Å². The standard InChI is InChI=1S/C14H17N3O/c1-10(15)7-12-5-3-4-6-13(12)18-14-8-11(2)16-9-17-14/h3-6,8-10H,7,15H2,1-2H3. The number of aromatic nitrogens is 2. The van der Waals surface area contributed by atoms with Crippen molar-refractivity contribution in [3.05, 3.63) is 47.9 Å². The van der Waals surface area contributed by atoms with Gasteiger partial charge in [-0.3, -0.25) is 0 Å².